The maximum atomic E-state index is 12.5. The lowest BCUT2D eigenvalue weighted by Crippen LogP contribution is -2.45. The monoisotopic (exact) mass is 340 g/mol. The van der Waals surface area contributed by atoms with Gasteiger partial charge in [0.1, 0.15) is 6.10 Å². The smallest absolute Gasteiger partial charge is 0.331 e. The van der Waals surface area contributed by atoms with Crippen LogP contribution in [0.3, 0.4) is 0 Å². The molecule has 0 aromatic heterocycles. The predicted octanol–water partition coefficient (Wildman–Crippen LogP) is 4.40. The summed E-state index contributed by atoms with van der Waals surface area (Å²) in [7, 11) is -2.02. The van der Waals surface area contributed by atoms with Crippen molar-refractivity contribution in [2.24, 2.45) is 0 Å². The van der Waals surface area contributed by atoms with E-state index in [4.69, 9.17) is 9.16 Å². The third kappa shape index (κ3) is 6.59. The Kier molecular flexibility index (Phi) is 7.20. The van der Waals surface area contributed by atoms with E-state index in [0.717, 1.165) is 32.1 Å². The zero-order chi connectivity index (χ0) is 17.7. The number of hydrogen-bond donors (Lipinski definition) is 0. The molecule has 0 unspecified atom stereocenters. The zero-order valence-electron chi connectivity index (χ0n) is 15.5. The normalized spacial score (nSPS) is 26.9. The zero-order valence-corrected chi connectivity index (χ0v) is 16.5. The van der Waals surface area contributed by atoms with Crippen molar-refractivity contribution in [3.8, 4) is 0 Å². The first-order valence-corrected chi connectivity index (χ1v) is 11.5. The molecule has 1 aliphatic heterocycles. The summed E-state index contributed by atoms with van der Waals surface area (Å²) in [6.07, 6.45) is 6.59. The first kappa shape index (κ1) is 20.1. The molecule has 132 valence electrons. The lowest BCUT2D eigenvalue weighted by Gasteiger charge is -2.38. The second-order valence-electron chi connectivity index (χ2n) is 7.99. The molecule has 5 heteroatoms. The Morgan fingerprint density at radius 2 is 1.70 bits per heavy atom. The fourth-order valence-corrected chi connectivity index (χ4v) is 3.58. The van der Waals surface area contributed by atoms with Gasteiger partial charge in [-0.05, 0) is 50.4 Å². The molecule has 0 fully saturated rings. The topological polar surface area (TPSA) is 52.6 Å². The third-order valence-corrected chi connectivity index (χ3v) is 9.32. The van der Waals surface area contributed by atoms with E-state index in [2.05, 4.69) is 33.9 Å². The van der Waals surface area contributed by atoms with Gasteiger partial charge in [-0.25, -0.2) is 4.79 Å². The van der Waals surface area contributed by atoms with E-state index in [1.807, 2.05) is 6.92 Å². The molecular weight excluding hydrogens is 308 g/mol. The number of carbonyl (C=O) groups is 2. The lowest BCUT2D eigenvalue weighted by molar-refractivity contribution is -0.142. The number of hydrogen-bond acceptors (Lipinski definition) is 4. The maximum absolute atomic E-state index is 12.5. The molecule has 0 aliphatic carbocycles. The summed E-state index contributed by atoms with van der Waals surface area (Å²) in [6.45, 7) is 12.7. The standard InChI is InChI=1S/C18H32O4Si/c1-14-10-8-7-9-11-16(15(19)12-13-17(20)21-14)22-23(5,6)18(2,3)4/h12-14,16H,7-11H2,1-6H3/b13-12-/t14-,16+/m1/s1. The number of ketones is 1. The molecule has 0 saturated heterocycles. The van der Waals surface area contributed by atoms with Gasteiger partial charge in [0.15, 0.2) is 14.1 Å². The van der Waals surface area contributed by atoms with Gasteiger partial charge in [0.2, 0.25) is 0 Å². The minimum Gasteiger partial charge on any atom is -0.460 e. The van der Waals surface area contributed by atoms with E-state index in [1.54, 1.807) is 0 Å². The summed E-state index contributed by atoms with van der Waals surface area (Å²) in [5.41, 5.74) is 0. The van der Waals surface area contributed by atoms with Crippen molar-refractivity contribution in [3.05, 3.63) is 12.2 Å². The molecule has 0 saturated carbocycles. The van der Waals surface area contributed by atoms with Gasteiger partial charge in [-0.15, -0.1) is 0 Å². The SMILES string of the molecule is C[C@@H]1CCCCC[C@H](O[Si](C)(C)C(C)(C)C)C(=O)/C=C\C(=O)O1. The lowest BCUT2D eigenvalue weighted by atomic mass is 10.0. The van der Waals surface area contributed by atoms with Gasteiger partial charge in [-0.1, -0.05) is 33.6 Å². The molecule has 1 aliphatic rings. The van der Waals surface area contributed by atoms with Crippen LogP contribution >= 0.6 is 0 Å². The van der Waals surface area contributed by atoms with Gasteiger partial charge in [0, 0.05) is 6.08 Å². The Labute approximate surface area is 141 Å². The second kappa shape index (κ2) is 8.24. The van der Waals surface area contributed by atoms with Gasteiger partial charge in [-0.3, -0.25) is 4.79 Å². The molecule has 0 aromatic rings. The van der Waals surface area contributed by atoms with Gasteiger partial charge in [-0.2, -0.15) is 0 Å². The quantitative estimate of drug-likeness (QED) is 0.552. The highest BCUT2D eigenvalue weighted by atomic mass is 28.4. The molecule has 1 heterocycles. The summed E-state index contributed by atoms with van der Waals surface area (Å²) in [6, 6.07) is 0. The van der Waals surface area contributed by atoms with Crippen molar-refractivity contribution in [1.82, 2.24) is 0 Å². The molecule has 0 bridgehead atoms. The van der Waals surface area contributed by atoms with Crippen LogP contribution in [0.4, 0.5) is 0 Å². The molecule has 0 amide bonds. The predicted molar refractivity (Wildman–Crippen MR) is 94.9 cm³/mol. The van der Waals surface area contributed by atoms with Crippen molar-refractivity contribution in [2.45, 2.75) is 90.1 Å². The highest BCUT2D eigenvalue weighted by Crippen LogP contribution is 2.38. The van der Waals surface area contributed by atoms with Crippen LogP contribution < -0.4 is 0 Å². The molecule has 0 aromatic carbocycles. The first-order chi connectivity index (χ1) is 10.5. The number of ether oxygens (including phenoxy) is 1. The first-order valence-electron chi connectivity index (χ1n) is 8.63. The third-order valence-electron chi connectivity index (χ3n) is 4.84. The van der Waals surface area contributed by atoms with Crippen LogP contribution in [0.25, 0.3) is 0 Å². The van der Waals surface area contributed by atoms with E-state index in [-0.39, 0.29) is 16.9 Å². The fourth-order valence-electron chi connectivity index (χ4n) is 2.28. The van der Waals surface area contributed by atoms with E-state index in [0.29, 0.717) is 0 Å². The molecule has 0 spiro atoms. The average Bonchev–Trinajstić information content (AvgIpc) is 2.40. The van der Waals surface area contributed by atoms with E-state index in [9.17, 15) is 9.59 Å². The van der Waals surface area contributed by atoms with Crippen LogP contribution in [-0.4, -0.2) is 32.3 Å². The Balaban J connectivity index is 2.87. The van der Waals surface area contributed by atoms with Crippen LogP contribution in [0.1, 0.15) is 59.8 Å². The van der Waals surface area contributed by atoms with Gasteiger partial charge >= 0.3 is 5.97 Å². The summed E-state index contributed by atoms with van der Waals surface area (Å²) < 4.78 is 11.6. The molecule has 1 rings (SSSR count). The molecule has 4 nitrogen and oxygen atoms in total. The van der Waals surface area contributed by atoms with Crippen molar-refractivity contribution in [1.29, 1.82) is 0 Å². The maximum Gasteiger partial charge on any atom is 0.331 e. The van der Waals surface area contributed by atoms with Crippen LogP contribution in [0, 0.1) is 0 Å². The summed E-state index contributed by atoms with van der Waals surface area (Å²) in [4.78, 5) is 24.2. The fraction of sp³-hybridized carbons (Fsp3) is 0.778. The number of rotatable bonds is 2. The summed E-state index contributed by atoms with van der Waals surface area (Å²) >= 11 is 0. The van der Waals surface area contributed by atoms with E-state index >= 15 is 0 Å². The van der Waals surface area contributed by atoms with Gasteiger partial charge in [0.25, 0.3) is 0 Å². The van der Waals surface area contributed by atoms with Crippen molar-refractivity contribution in [3.63, 3.8) is 0 Å². The molecule has 0 N–H and O–H groups in total. The van der Waals surface area contributed by atoms with Crippen molar-refractivity contribution < 1.29 is 18.8 Å². The molecule has 0 radical (unpaired) electrons. The highest BCUT2D eigenvalue weighted by molar-refractivity contribution is 6.74. The number of cyclic esters (lactones) is 1. The van der Waals surface area contributed by atoms with Gasteiger partial charge < -0.3 is 9.16 Å². The van der Waals surface area contributed by atoms with Crippen LogP contribution in [0.5, 0.6) is 0 Å². The largest absolute Gasteiger partial charge is 0.460 e. The molecular formula is C18H32O4Si. The Bertz CT molecular complexity index is 448. The Hall–Kier alpha value is -0.943. The minimum absolute atomic E-state index is 0.0506. The van der Waals surface area contributed by atoms with E-state index in [1.165, 1.54) is 12.2 Å². The summed E-state index contributed by atoms with van der Waals surface area (Å²) in [5.74, 6) is -0.572. The van der Waals surface area contributed by atoms with Crippen molar-refractivity contribution in [2.75, 3.05) is 0 Å². The molecule has 2 atom stereocenters. The van der Waals surface area contributed by atoms with Crippen LogP contribution in [0.2, 0.25) is 18.1 Å². The van der Waals surface area contributed by atoms with Crippen LogP contribution in [-0.2, 0) is 18.8 Å². The van der Waals surface area contributed by atoms with Crippen molar-refractivity contribution >= 4 is 20.1 Å². The average molecular weight is 341 g/mol. The number of carbonyl (C=O) groups excluding carboxylic acids is 2. The summed E-state index contributed by atoms with van der Waals surface area (Å²) in [5, 5.41) is 0.0506. The Morgan fingerprint density at radius 1 is 1.09 bits per heavy atom. The Morgan fingerprint density at radius 3 is 2.30 bits per heavy atom. The van der Waals surface area contributed by atoms with Gasteiger partial charge in [0.05, 0.1) is 6.10 Å². The highest BCUT2D eigenvalue weighted by Gasteiger charge is 2.40. The second-order valence-corrected chi connectivity index (χ2v) is 12.7. The minimum atomic E-state index is -2.02. The number of esters is 1. The van der Waals surface area contributed by atoms with E-state index < -0.39 is 20.4 Å². The molecule has 23 heavy (non-hydrogen) atoms. The van der Waals surface area contributed by atoms with Crippen LogP contribution in [0.15, 0.2) is 12.2 Å².